The molecule has 0 aliphatic rings. The van der Waals surface area contributed by atoms with Gasteiger partial charge in [-0.1, -0.05) is 6.07 Å². The van der Waals surface area contributed by atoms with Crippen molar-refractivity contribution in [2.75, 3.05) is 0 Å². The van der Waals surface area contributed by atoms with Gasteiger partial charge in [-0.15, -0.1) is 0 Å². The highest BCUT2D eigenvalue weighted by Crippen LogP contribution is 2.09. The first-order chi connectivity index (χ1) is 6.27. The Morgan fingerprint density at radius 2 is 2.15 bits per heavy atom. The van der Waals surface area contributed by atoms with Crippen molar-refractivity contribution in [1.29, 1.82) is 0 Å². The number of hydrogen-bond acceptors (Lipinski definition) is 3. The predicted octanol–water partition coefficient (Wildman–Crippen LogP) is 1.28. The minimum Gasteiger partial charge on any atom is -0.237 e. The Morgan fingerprint density at radius 1 is 1.31 bits per heavy atom. The molecule has 4 heteroatoms. The molecule has 0 saturated carbocycles. The van der Waals surface area contributed by atoms with Crippen molar-refractivity contribution < 1.29 is 0 Å². The average Bonchev–Trinajstić information content (AvgIpc) is 2.56. The van der Waals surface area contributed by atoms with Crippen LogP contribution >= 0.6 is 0 Å². The molecule has 66 valence electrons. The second kappa shape index (κ2) is 2.97. The van der Waals surface area contributed by atoms with Crippen molar-refractivity contribution in [3.63, 3.8) is 0 Å². The molecule has 0 unspecified atom stereocenters. The van der Waals surface area contributed by atoms with Gasteiger partial charge in [0.15, 0.2) is 5.82 Å². The van der Waals surface area contributed by atoms with E-state index in [9.17, 15) is 0 Å². The number of rotatable bonds is 1. The van der Waals surface area contributed by atoms with E-state index < -0.39 is 0 Å². The third-order valence-corrected chi connectivity index (χ3v) is 1.82. The average molecular weight is 174 g/mol. The summed E-state index contributed by atoms with van der Waals surface area (Å²) in [4.78, 5) is 8.15. The van der Waals surface area contributed by atoms with Crippen LogP contribution in [0.25, 0.3) is 5.82 Å². The molecule has 0 aromatic carbocycles. The molecule has 2 heterocycles. The summed E-state index contributed by atoms with van der Waals surface area (Å²) in [6, 6.07) is 2.07. The van der Waals surface area contributed by atoms with Crippen molar-refractivity contribution in [3.05, 3.63) is 36.0 Å². The minimum atomic E-state index is 0.836. The first-order valence-corrected chi connectivity index (χ1v) is 4.05. The van der Waals surface area contributed by atoms with Gasteiger partial charge in [-0.3, -0.25) is 0 Å². The number of pyridine rings is 1. The standard InChI is InChI=1S/C9H10N4/c1-7-3-8(2)9(11-4-7)13-6-10-5-12-13/h3-6H,1-2H3. The topological polar surface area (TPSA) is 43.6 Å². The zero-order valence-electron chi connectivity index (χ0n) is 7.60. The van der Waals surface area contributed by atoms with Crippen molar-refractivity contribution in [2.24, 2.45) is 0 Å². The van der Waals surface area contributed by atoms with E-state index in [0.29, 0.717) is 0 Å². The number of hydrogen-bond donors (Lipinski definition) is 0. The highest BCUT2D eigenvalue weighted by atomic mass is 15.3. The van der Waals surface area contributed by atoms with Gasteiger partial charge in [0.2, 0.25) is 0 Å². The zero-order valence-corrected chi connectivity index (χ0v) is 7.60. The monoisotopic (exact) mass is 174 g/mol. The Labute approximate surface area is 76.3 Å². The molecule has 2 aromatic rings. The van der Waals surface area contributed by atoms with E-state index in [2.05, 4.69) is 21.1 Å². The molecular weight excluding hydrogens is 164 g/mol. The maximum absolute atomic E-state index is 4.28. The lowest BCUT2D eigenvalue weighted by molar-refractivity contribution is 0.834. The fourth-order valence-corrected chi connectivity index (χ4v) is 1.27. The highest BCUT2D eigenvalue weighted by Gasteiger charge is 2.02. The van der Waals surface area contributed by atoms with Crippen molar-refractivity contribution >= 4 is 0 Å². The molecule has 0 amide bonds. The quantitative estimate of drug-likeness (QED) is 0.654. The van der Waals surface area contributed by atoms with Crippen LogP contribution < -0.4 is 0 Å². The maximum Gasteiger partial charge on any atom is 0.158 e. The van der Waals surface area contributed by atoms with Gasteiger partial charge in [0, 0.05) is 6.20 Å². The van der Waals surface area contributed by atoms with E-state index in [-0.39, 0.29) is 0 Å². The smallest absolute Gasteiger partial charge is 0.158 e. The van der Waals surface area contributed by atoms with Gasteiger partial charge in [-0.25, -0.2) is 14.6 Å². The van der Waals surface area contributed by atoms with Crippen molar-refractivity contribution in [2.45, 2.75) is 13.8 Å². The number of aryl methyl sites for hydroxylation is 2. The summed E-state index contributed by atoms with van der Waals surface area (Å²) in [6.45, 7) is 4.03. The molecule has 0 bridgehead atoms. The van der Waals surface area contributed by atoms with Crippen molar-refractivity contribution in [1.82, 2.24) is 19.7 Å². The van der Waals surface area contributed by atoms with E-state index in [4.69, 9.17) is 0 Å². The highest BCUT2D eigenvalue weighted by molar-refractivity contribution is 5.33. The first kappa shape index (κ1) is 7.91. The van der Waals surface area contributed by atoms with E-state index in [1.165, 1.54) is 6.33 Å². The fourth-order valence-electron chi connectivity index (χ4n) is 1.27. The molecule has 0 N–H and O–H groups in total. The van der Waals surface area contributed by atoms with Crippen LogP contribution in [-0.4, -0.2) is 19.7 Å². The zero-order chi connectivity index (χ0) is 9.26. The molecular formula is C9H10N4. The van der Waals surface area contributed by atoms with Gasteiger partial charge in [0.25, 0.3) is 0 Å². The van der Waals surface area contributed by atoms with Gasteiger partial charge >= 0.3 is 0 Å². The lowest BCUT2D eigenvalue weighted by Gasteiger charge is -2.03. The molecule has 0 spiro atoms. The van der Waals surface area contributed by atoms with E-state index in [0.717, 1.165) is 16.9 Å². The summed E-state index contributed by atoms with van der Waals surface area (Å²) in [6.07, 6.45) is 4.97. The summed E-state index contributed by atoms with van der Waals surface area (Å²) >= 11 is 0. The molecule has 13 heavy (non-hydrogen) atoms. The molecule has 0 aliphatic heterocycles. The van der Waals surface area contributed by atoms with Gasteiger partial charge in [-0.05, 0) is 25.0 Å². The Balaban J connectivity index is 2.53. The third-order valence-electron chi connectivity index (χ3n) is 1.82. The van der Waals surface area contributed by atoms with Crippen LogP contribution in [0, 0.1) is 13.8 Å². The van der Waals surface area contributed by atoms with Gasteiger partial charge in [0.05, 0.1) is 0 Å². The summed E-state index contributed by atoms with van der Waals surface area (Å²) in [7, 11) is 0. The SMILES string of the molecule is Cc1cnc(-n2cncn2)c(C)c1. The molecule has 0 saturated heterocycles. The van der Waals surface area contributed by atoms with Crippen molar-refractivity contribution in [3.8, 4) is 5.82 Å². The maximum atomic E-state index is 4.28. The predicted molar refractivity (Wildman–Crippen MR) is 48.6 cm³/mol. The summed E-state index contributed by atoms with van der Waals surface area (Å²) in [5, 5.41) is 4.02. The fraction of sp³-hybridized carbons (Fsp3) is 0.222. The second-order valence-electron chi connectivity index (χ2n) is 2.99. The van der Waals surface area contributed by atoms with Gasteiger partial charge in [-0.2, -0.15) is 5.10 Å². The number of aromatic nitrogens is 4. The normalized spacial score (nSPS) is 10.3. The van der Waals surface area contributed by atoms with E-state index in [1.54, 1.807) is 11.0 Å². The Morgan fingerprint density at radius 3 is 2.77 bits per heavy atom. The van der Waals surface area contributed by atoms with Crippen LogP contribution in [0.1, 0.15) is 11.1 Å². The Bertz CT molecular complexity index is 406. The van der Waals surface area contributed by atoms with Crippen LogP contribution in [0.3, 0.4) is 0 Å². The summed E-state index contributed by atoms with van der Waals surface area (Å²) < 4.78 is 1.66. The molecule has 0 atom stereocenters. The summed E-state index contributed by atoms with van der Waals surface area (Å²) in [5.74, 6) is 0.836. The van der Waals surface area contributed by atoms with Gasteiger partial charge in [0.1, 0.15) is 12.7 Å². The molecule has 0 aliphatic carbocycles. The van der Waals surface area contributed by atoms with Crippen LogP contribution in [0.15, 0.2) is 24.9 Å². The van der Waals surface area contributed by atoms with E-state index >= 15 is 0 Å². The molecule has 2 aromatic heterocycles. The first-order valence-electron chi connectivity index (χ1n) is 4.05. The van der Waals surface area contributed by atoms with Gasteiger partial charge < -0.3 is 0 Å². The molecule has 4 nitrogen and oxygen atoms in total. The van der Waals surface area contributed by atoms with Crippen LogP contribution in [0.2, 0.25) is 0 Å². The second-order valence-corrected chi connectivity index (χ2v) is 2.99. The van der Waals surface area contributed by atoms with Crippen LogP contribution in [0.4, 0.5) is 0 Å². The third kappa shape index (κ3) is 1.42. The Kier molecular flexibility index (Phi) is 1.81. The van der Waals surface area contributed by atoms with Crippen LogP contribution in [0.5, 0.6) is 0 Å². The molecule has 2 rings (SSSR count). The summed E-state index contributed by atoms with van der Waals surface area (Å²) in [5.41, 5.74) is 2.26. The lowest BCUT2D eigenvalue weighted by Crippen LogP contribution is -2.00. The van der Waals surface area contributed by atoms with Crippen LogP contribution in [-0.2, 0) is 0 Å². The van der Waals surface area contributed by atoms with E-state index in [1.807, 2.05) is 20.0 Å². The number of nitrogens with zero attached hydrogens (tertiary/aromatic N) is 4. The molecule has 0 radical (unpaired) electrons. The molecule has 0 fully saturated rings. The lowest BCUT2D eigenvalue weighted by atomic mass is 10.2. The largest absolute Gasteiger partial charge is 0.237 e. The Hall–Kier alpha value is -1.71. The minimum absolute atomic E-state index is 0.836.